The predicted octanol–water partition coefficient (Wildman–Crippen LogP) is 5.07. The van der Waals surface area contributed by atoms with Gasteiger partial charge >= 0.3 is 0 Å². The molecule has 0 radical (unpaired) electrons. The molecule has 1 aromatic heterocycles. The largest absolute Gasteiger partial charge is 0.344 e. The third kappa shape index (κ3) is 5.89. The zero-order valence-electron chi connectivity index (χ0n) is 20.1. The minimum absolute atomic E-state index is 0.0806. The van der Waals surface area contributed by atoms with E-state index in [2.05, 4.69) is 5.32 Å². The fourth-order valence-corrected chi connectivity index (χ4v) is 4.88. The second-order valence-corrected chi connectivity index (χ2v) is 9.82. The van der Waals surface area contributed by atoms with Crippen molar-refractivity contribution in [3.63, 3.8) is 0 Å². The summed E-state index contributed by atoms with van der Waals surface area (Å²) >= 11 is 1.29. The highest BCUT2D eigenvalue weighted by molar-refractivity contribution is 8.00. The Bertz CT molecular complexity index is 1300. The van der Waals surface area contributed by atoms with Crippen molar-refractivity contribution >= 4 is 17.7 Å². The Labute approximate surface area is 210 Å². The summed E-state index contributed by atoms with van der Waals surface area (Å²) in [6.07, 6.45) is 0.531. The Morgan fingerprint density at radius 1 is 0.914 bits per heavy atom. The lowest BCUT2D eigenvalue weighted by atomic mass is 9.98. The molecule has 0 spiro atoms. The summed E-state index contributed by atoms with van der Waals surface area (Å²) in [4.78, 5) is 31.1. The number of hydrogen-bond acceptors (Lipinski definition) is 4. The molecular formula is C29H29N3O2S. The van der Waals surface area contributed by atoms with Crippen LogP contribution in [-0.2, 0) is 18.3 Å². The number of nitrogens with zero attached hydrogens (tertiary/aromatic N) is 2. The molecular weight excluding hydrogens is 454 g/mol. The monoisotopic (exact) mass is 483 g/mol. The Morgan fingerprint density at radius 3 is 1.97 bits per heavy atom. The van der Waals surface area contributed by atoms with E-state index < -0.39 is 5.25 Å². The van der Waals surface area contributed by atoms with Crippen molar-refractivity contribution in [1.29, 1.82) is 0 Å². The van der Waals surface area contributed by atoms with Crippen molar-refractivity contribution in [3.05, 3.63) is 129 Å². The maximum Gasteiger partial charge on any atom is 0.257 e. The van der Waals surface area contributed by atoms with Crippen LogP contribution in [0.25, 0.3) is 0 Å². The van der Waals surface area contributed by atoms with Gasteiger partial charge in [-0.25, -0.2) is 4.98 Å². The molecule has 3 aromatic carbocycles. The fourth-order valence-electron chi connectivity index (χ4n) is 3.96. The molecule has 1 atom stereocenters. The molecule has 4 aromatic rings. The number of carbonyl (C=O) groups is 1. The maximum absolute atomic E-state index is 13.2. The van der Waals surface area contributed by atoms with Crippen LogP contribution in [0, 0.1) is 6.92 Å². The molecule has 0 aliphatic heterocycles. The molecule has 1 unspecified atom stereocenters. The van der Waals surface area contributed by atoms with Crippen molar-refractivity contribution in [2.24, 2.45) is 7.05 Å². The first-order chi connectivity index (χ1) is 16.9. The van der Waals surface area contributed by atoms with Crippen LogP contribution in [0.3, 0.4) is 0 Å². The third-order valence-corrected chi connectivity index (χ3v) is 7.12. The summed E-state index contributed by atoms with van der Waals surface area (Å²) in [5.74, 6) is -0.118. The number of amides is 1. The highest BCUT2D eigenvalue weighted by Crippen LogP contribution is 2.25. The third-order valence-electron chi connectivity index (χ3n) is 5.98. The summed E-state index contributed by atoms with van der Waals surface area (Å²) in [5.41, 5.74) is 4.37. The second-order valence-electron chi connectivity index (χ2n) is 8.51. The van der Waals surface area contributed by atoms with Gasteiger partial charge in [-0.15, -0.1) is 0 Å². The van der Waals surface area contributed by atoms with Crippen molar-refractivity contribution in [2.75, 3.05) is 0 Å². The zero-order valence-corrected chi connectivity index (χ0v) is 21.0. The van der Waals surface area contributed by atoms with Gasteiger partial charge in [-0.05, 0) is 30.5 Å². The average molecular weight is 484 g/mol. The van der Waals surface area contributed by atoms with Gasteiger partial charge in [0.15, 0.2) is 5.16 Å². The van der Waals surface area contributed by atoms with Gasteiger partial charge in [-0.2, -0.15) is 0 Å². The molecule has 35 heavy (non-hydrogen) atoms. The first-order valence-corrected chi connectivity index (χ1v) is 12.5. The van der Waals surface area contributed by atoms with Crippen LogP contribution in [0.4, 0.5) is 0 Å². The quantitative estimate of drug-likeness (QED) is 0.281. The topological polar surface area (TPSA) is 64.0 Å². The van der Waals surface area contributed by atoms with Gasteiger partial charge in [0.1, 0.15) is 0 Å². The summed E-state index contributed by atoms with van der Waals surface area (Å²) in [6, 6.07) is 29.5. The number of benzene rings is 3. The van der Waals surface area contributed by atoms with Crippen molar-refractivity contribution in [1.82, 2.24) is 14.9 Å². The molecule has 1 amide bonds. The van der Waals surface area contributed by atoms with E-state index in [4.69, 9.17) is 4.98 Å². The van der Waals surface area contributed by atoms with Crippen LogP contribution in [0.5, 0.6) is 0 Å². The Kier molecular flexibility index (Phi) is 7.83. The number of thioether (sulfide) groups is 1. The Balaban J connectivity index is 1.53. The van der Waals surface area contributed by atoms with E-state index in [1.54, 1.807) is 11.6 Å². The summed E-state index contributed by atoms with van der Waals surface area (Å²) in [7, 11) is 1.72. The van der Waals surface area contributed by atoms with Gasteiger partial charge in [-0.1, -0.05) is 103 Å². The summed E-state index contributed by atoms with van der Waals surface area (Å²) < 4.78 is 1.55. The van der Waals surface area contributed by atoms with E-state index in [0.29, 0.717) is 22.8 Å². The molecule has 0 saturated carbocycles. The molecule has 5 nitrogen and oxygen atoms in total. The van der Waals surface area contributed by atoms with E-state index in [0.717, 1.165) is 16.7 Å². The number of aromatic nitrogens is 2. The Hall–Kier alpha value is -3.64. The zero-order chi connectivity index (χ0) is 24.8. The number of hydrogen-bond donors (Lipinski definition) is 1. The molecule has 0 aliphatic carbocycles. The van der Waals surface area contributed by atoms with E-state index >= 15 is 0 Å². The lowest BCUT2D eigenvalue weighted by Crippen LogP contribution is -2.35. The van der Waals surface area contributed by atoms with Gasteiger partial charge < -0.3 is 5.32 Å². The molecule has 0 saturated heterocycles. The van der Waals surface area contributed by atoms with Crippen LogP contribution in [0.2, 0.25) is 0 Å². The van der Waals surface area contributed by atoms with E-state index in [1.165, 1.54) is 11.8 Å². The molecule has 0 fully saturated rings. The molecule has 4 rings (SSSR count). The van der Waals surface area contributed by atoms with Crippen LogP contribution in [-0.4, -0.2) is 20.7 Å². The van der Waals surface area contributed by atoms with Gasteiger partial charge in [0.05, 0.1) is 11.3 Å². The van der Waals surface area contributed by atoms with E-state index in [9.17, 15) is 9.59 Å². The average Bonchev–Trinajstić information content (AvgIpc) is 2.89. The first-order valence-electron chi connectivity index (χ1n) is 11.6. The fraction of sp³-hybridized carbons (Fsp3) is 0.207. The molecule has 178 valence electrons. The van der Waals surface area contributed by atoms with Gasteiger partial charge in [0.2, 0.25) is 5.91 Å². The van der Waals surface area contributed by atoms with Crippen LogP contribution < -0.4 is 10.9 Å². The minimum Gasteiger partial charge on any atom is -0.344 e. The smallest absolute Gasteiger partial charge is 0.257 e. The van der Waals surface area contributed by atoms with Crippen molar-refractivity contribution in [2.45, 2.75) is 36.7 Å². The minimum atomic E-state index is -0.442. The molecule has 1 heterocycles. The maximum atomic E-state index is 13.2. The second kappa shape index (κ2) is 11.2. The highest BCUT2D eigenvalue weighted by atomic mass is 32.2. The normalized spacial score (nSPS) is 11.9. The van der Waals surface area contributed by atoms with Gasteiger partial charge in [0, 0.05) is 24.7 Å². The number of carbonyl (C=O) groups excluding carboxylic acids is 1. The first kappa shape index (κ1) is 24.5. The van der Waals surface area contributed by atoms with Gasteiger partial charge in [0.25, 0.3) is 5.56 Å². The van der Waals surface area contributed by atoms with Crippen LogP contribution in [0.1, 0.15) is 40.9 Å². The molecule has 0 bridgehead atoms. The molecule has 1 N–H and O–H groups in total. The standard InChI is InChI=1S/C29H29N3O2S/c1-20-25(19-22-13-7-4-8-14-22)28(34)32(3)29(30-20)35-21(2)27(33)31-26(23-15-9-5-10-16-23)24-17-11-6-12-18-24/h4-18,21,26H,19H2,1-3H3,(H,31,33). The van der Waals surface area contributed by atoms with Gasteiger partial charge in [-0.3, -0.25) is 14.2 Å². The van der Waals surface area contributed by atoms with E-state index in [-0.39, 0.29) is 17.5 Å². The number of aryl methyl sites for hydroxylation is 1. The molecule has 6 heteroatoms. The van der Waals surface area contributed by atoms with E-state index in [1.807, 2.05) is 105 Å². The molecule has 0 aliphatic rings. The SMILES string of the molecule is Cc1nc(SC(C)C(=O)NC(c2ccccc2)c2ccccc2)n(C)c(=O)c1Cc1ccccc1. The lowest BCUT2D eigenvalue weighted by Gasteiger charge is -2.22. The predicted molar refractivity (Wildman–Crippen MR) is 142 cm³/mol. The highest BCUT2D eigenvalue weighted by Gasteiger charge is 2.23. The van der Waals surface area contributed by atoms with Crippen LogP contribution >= 0.6 is 11.8 Å². The number of nitrogens with one attached hydrogen (secondary N) is 1. The number of rotatable bonds is 8. The van der Waals surface area contributed by atoms with Crippen molar-refractivity contribution < 1.29 is 4.79 Å². The lowest BCUT2D eigenvalue weighted by molar-refractivity contribution is -0.120. The van der Waals surface area contributed by atoms with Crippen LogP contribution in [0.15, 0.2) is 101 Å². The van der Waals surface area contributed by atoms with Crippen molar-refractivity contribution in [3.8, 4) is 0 Å². The Morgan fingerprint density at radius 2 is 1.43 bits per heavy atom. The summed E-state index contributed by atoms with van der Waals surface area (Å²) in [6.45, 7) is 3.70. The summed E-state index contributed by atoms with van der Waals surface area (Å²) in [5, 5.41) is 3.28.